The van der Waals surface area contributed by atoms with Crippen molar-refractivity contribution in [2.75, 3.05) is 0 Å². The Kier molecular flexibility index (Phi) is 24.6. The Bertz CT molecular complexity index is 638. The molecule has 8 atom stereocenters. The summed E-state index contributed by atoms with van der Waals surface area (Å²) in [7, 11) is 0. The highest BCUT2D eigenvalue weighted by molar-refractivity contribution is 5.31. The minimum absolute atomic E-state index is 0. The van der Waals surface area contributed by atoms with E-state index in [1.807, 2.05) is 0 Å². The molecule has 3 aliphatic rings. The third-order valence-corrected chi connectivity index (χ3v) is 8.29. The van der Waals surface area contributed by atoms with E-state index < -0.39 is 0 Å². The number of aryl methyl sites for hydroxylation is 2. The number of benzene rings is 1. The summed E-state index contributed by atoms with van der Waals surface area (Å²) in [5, 5.41) is 0. The first-order chi connectivity index (χ1) is 15.7. The fourth-order valence-corrected chi connectivity index (χ4v) is 6.54. The van der Waals surface area contributed by atoms with Crippen LogP contribution in [0.2, 0.25) is 0 Å². The van der Waals surface area contributed by atoms with Gasteiger partial charge in [-0.05, 0) is 72.0 Å². The second-order valence-corrected chi connectivity index (χ2v) is 11.2. The maximum atomic E-state index is 2.88. The second kappa shape index (κ2) is 21.1. The van der Waals surface area contributed by atoms with Crippen molar-refractivity contribution < 1.29 is 0 Å². The van der Waals surface area contributed by atoms with Crippen LogP contribution in [0, 0.1) is 35.5 Å². The summed E-state index contributed by atoms with van der Waals surface area (Å²) in [5.41, 5.74) is 4.57. The molecule has 1 heterocycles. The van der Waals surface area contributed by atoms with Gasteiger partial charge in [-0.15, -0.1) is 0 Å². The van der Waals surface area contributed by atoms with E-state index in [1.165, 1.54) is 30.4 Å². The zero-order valence-electron chi connectivity index (χ0n) is 24.5. The Morgan fingerprint density at radius 3 is 1.22 bits per heavy atom. The van der Waals surface area contributed by atoms with E-state index in [0.29, 0.717) is 0 Å². The summed E-state index contributed by atoms with van der Waals surface area (Å²) >= 11 is 0. The standard InChI is InChI=1S/C23H35N.3C3H8.4CH4/c1-7-17-9-18(8-2)11-19(10-17)12-24-16(6)15(5)22-20-13(3)14(4)21(20)23(22)24;3*1-3-2;;;;/h9-11,13-16,20-23H,7-8,12H2,1-6H3;3*3H2,1-2H3;4*1H4/t13-,14+,15+,16-,20-,21+,22-,23+;;;;;;;/m0......./s1. The van der Waals surface area contributed by atoms with E-state index in [-0.39, 0.29) is 29.7 Å². The van der Waals surface area contributed by atoms with Crippen molar-refractivity contribution in [3.63, 3.8) is 0 Å². The molecule has 0 aromatic heterocycles. The molecular weight excluding hydrogens is 446 g/mol. The summed E-state index contributed by atoms with van der Waals surface area (Å²) in [5.74, 6) is 5.74. The van der Waals surface area contributed by atoms with E-state index in [9.17, 15) is 0 Å². The van der Waals surface area contributed by atoms with E-state index in [2.05, 4.69) is 106 Å². The number of likely N-dealkylation sites (tertiary alicyclic amines) is 1. The summed E-state index contributed by atoms with van der Waals surface area (Å²) in [6.45, 7) is 28.5. The Hall–Kier alpha value is -0.820. The molecule has 1 nitrogen and oxygen atoms in total. The van der Waals surface area contributed by atoms with Crippen LogP contribution in [0.25, 0.3) is 0 Å². The lowest BCUT2D eigenvalue weighted by molar-refractivity contribution is -0.185. The summed E-state index contributed by atoms with van der Waals surface area (Å²) in [4.78, 5) is 2.88. The van der Waals surface area contributed by atoms with Gasteiger partial charge in [0.25, 0.3) is 0 Å². The van der Waals surface area contributed by atoms with Crippen molar-refractivity contribution >= 4 is 0 Å². The highest BCUT2D eigenvalue weighted by Gasteiger charge is 2.69. The number of hydrogen-bond donors (Lipinski definition) is 0. The molecule has 0 bridgehead atoms. The molecule has 1 aliphatic heterocycles. The first-order valence-electron chi connectivity index (χ1n) is 14.6. The lowest BCUT2D eigenvalue weighted by Gasteiger charge is -2.67. The quantitative estimate of drug-likeness (QED) is 0.381. The highest BCUT2D eigenvalue weighted by atomic mass is 15.3. The van der Waals surface area contributed by atoms with E-state index in [1.54, 1.807) is 5.56 Å². The first kappa shape index (κ1) is 43.2. The minimum atomic E-state index is 0. The molecule has 0 radical (unpaired) electrons. The van der Waals surface area contributed by atoms with Crippen LogP contribution in [-0.4, -0.2) is 17.0 Å². The van der Waals surface area contributed by atoms with Gasteiger partial charge in [-0.2, -0.15) is 0 Å². The largest absolute Gasteiger partial charge is 0.293 e. The van der Waals surface area contributed by atoms with Crippen LogP contribution in [0.15, 0.2) is 18.2 Å². The maximum Gasteiger partial charge on any atom is 0.0240 e. The van der Waals surface area contributed by atoms with Gasteiger partial charge in [0.1, 0.15) is 0 Å². The van der Waals surface area contributed by atoms with Gasteiger partial charge >= 0.3 is 0 Å². The zero-order valence-corrected chi connectivity index (χ0v) is 24.5. The average Bonchev–Trinajstić information content (AvgIpc) is 2.96. The van der Waals surface area contributed by atoms with Gasteiger partial charge in [0, 0.05) is 18.6 Å². The fraction of sp³-hybridized carbons (Fsp3) is 0.833. The summed E-state index contributed by atoms with van der Waals surface area (Å²) in [6.07, 6.45) is 6.05. The van der Waals surface area contributed by atoms with Gasteiger partial charge in [0.15, 0.2) is 0 Å². The predicted molar refractivity (Wildman–Crippen MR) is 177 cm³/mol. The van der Waals surface area contributed by atoms with E-state index in [0.717, 1.165) is 67.0 Å². The van der Waals surface area contributed by atoms with Crippen molar-refractivity contribution in [3.8, 4) is 0 Å². The highest BCUT2D eigenvalue weighted by Crippen LogP contribution is 2.68. The summed E-state index contributed by atoms with van der Waals surface area (Å²) in [6, 6.07) is 8.93. The topological polar surface area (TPSA) is 3.24 Å². The molecule has 0 unspecified atom stereocenters. The molecule has 2 saturated carbocycles. The lowest BCUT2D eigenvalue weighted by atomic mass is 9.40. The molecule has 0 N–H and O–H groups in total. The number of fused-ring (bicyclic) bond motifs is 4. The van der Waals surface area contributed by atoms with Crippen LogP contribution in [0.3, 0.4) is 0 Å². The molecule has 1 heteroatoms. The van der Waals surface area contributed by atoms with Crippen molar-refractivity contribution in [2.45, 2.75) is 164 Å². The zero-order chi connectivity index (χ0) is 25.3. The lowest BCUT2D eigenvalue weighted by Crippen LogP contribution is -2.68. The van der Waals surface area contributed by atoms with Crippen LogP contribution in [-0.2, 0) is 19.4 Å². The van der Waals surface area contributed by atoms with Crippen molar-refractivity contribution in [1.29, 1.82) is 0 Å². The van der Waals surface area contributed by atoms with Crippen molar-refractivity contribution in [3.05, 3.63) is 34.9 Å². The van der Waals surface area contributed by atoms with Gasteiger partial charge in [0.2, 0.25) is 0 Å². The molecule has 0 amide bonds. The normalized spacial score (nSPS) is 29.8. The van der Waals surface area contributed by atoms with Crippen LogP contribution >= 0.6 is 0 Å². The second-order valence-electron chi connectivity index (χ2n) is 11.2. The Morgan fingerprint density at radius 1 is 0.514 bits per heavy atom. The molecule has 3 fully saturated rings. The van der Waals surface area contributed by atoms with Gasteiger partial charge in [-0.1, -0.05) is 143 Å². The minimum Gasteiger partial charge on any atom is -0.293 e. The Labute approximate surface area is 238 Å². The van der Waals surface area contributed by atoms with Crippen LogP contribution in [0.5, 0.6) is 0 Å². The van der Waals surface area contributed by atoms with E-state index in [4.69, 9.17) is 0 Å². The summed E-state index contributed by atoms with van der Waals surface area (Å²) < 4.78 is 0. The smallest absolute Gasteiger partial charge is 0.0240 e. The molecule has 37 heavy (non-hydrogen) atoms. The molecule has 2 aliphatic carbocycles. The average molecular weight is 522 g/mol. The van der Waals surface area contributed by atoms with Gasteiger partial charge in [0.05, 0.1) is 0 Å². The molecule has 4 rings (SSSR count). The number of nitrogens with zero attached hydrogens (tertiary/aromatic N) is 1. The third kappa shape index (κ3) is 9.70. The number of hydrogen-bond acceptors (Lipinski definition) is 1. The van der Waals surface area contributed by atoms with Crippen molar-refractivity contribution in [2.24, 2.45) is 35.5 Å². The van der Waals surface area contributed by atoms with Crippen LogP contribution < -0.4 is 0 Å². The SMILES string of the molecule is C.C.C.C.CCC.CCC.CCC.CCc1cc(CC)cc(CN2[C@@H]3[C@@H]4[C@H](C)[C@H](C)[C@@H]4[C@@H]3[C@H](C)[C@@H]2C)c1. The van der Waals surface area contributed by atoms with Crippen molar-refractivity contribution in [1.82, 2.24) is 4.90 Å². The molecule has 1 saturated heterocycles. The van der Waals surface area contributed by atoms with E-state index >= 15 is 0 Å². The molecule has 1 aromatic rings. The fourth-order valence-electron chi connectivity index (χ4n) is 6.54. The third-order valence-electron chi connectivity index (χ3n) is 8.29. The number of rotatable bonds is 4. The molecule has 1 aromatic carbocycles. The monoisotopic (exact) mass is 522 g/mol. The Morgan fingerprint density at radius 2 is 0.838 bits per heavy atom. The predicted octanol–water partition coefficient (Wildman–Crippen LogP) is 12.0. The van der Waals surface area contributed by atoms with Gasteiger partial charge in [-0.25, -0.2) is 0 Å². The first-order valence-corrected chi connectivity index (χ1v) is 14.6. The van der Waals surface area contributed by atoms with Crippen LogP contribution in [0.1, 0.15) is 149 Å². The molecule has 224 valence electrons. The Balaban J connectivity index is -0.000000372. The maximum absolute atomic E-state index is 2.88. The van der Waals surface area contributed by atoms with Gasteiger partial charge < -0.3 is 0 Å². The van der Waals surface area contributed by atoms with Crippen LogP contribution in [0.4, 0.5) is 0 Å². The van der Waals surface area contributed by atoms with Gasteiger partial charge in [-0.3, -0.25) is 4.90 Å². The molecular formula is C36H75N. The molecule has 0 spiro atoms.